The Kier molecular flexibility index (Phi) is 4.58. The predicted octanol–water partition coefficient (Wildman–Crippen LogP) is 1.96. The van der Waals surface area contributed by atoms with Crippen molar-refractivity contribution in [2.45, 2.75) is 26.3 Å². The van der Waals surface area contributed by atoms with Gasteiger partial charge in [-0.05, 0) is 24.0 Å². The second kappa shape index (κ2) is 6.07. The number of halogens is 2. The van der Waals surface area contributed by atoms with Gasteiger partial charge in [-0.25, -0.2) is 8.78 Å². The molecule has 21 heavy (non-hydrogen) atoms. The fourth-order valence-electron chi connectivity index (χ4n) is 2.60. The van der Waals surface area contributed by atoms with Gasteiger partial charge >= 0.3 is 0 Å². The second-order valence-electron chi connectivity index (χ2n) is 6.27. The van der Waals surface area contributed by atoms with Gasteiger partial charge in [-0.15, -0.1) is 0 Å². The van der Waals surface area contributed by atoms with Crippen molar-refractivity contribution >= 4 is 11.6 Å². The third-order valence-electron chi connectivity index (χ3n) is 3.96. The van der Waals surface area contributed by atoms with Crippen LogP contribution in [0.5, 0.6) is 0 Å². The number of hydrogen-bond acceptors (Lipinski definition) is 3. The minimum absolute atomic E-state index is 0.00521. The molecule has 0 saturated carbocycles. The van der Waals surface area contributed by atoms with E-state index in [-0.39, 0.29) is 29.6 Å². The van der Waals surface area contributed by atoms with Crippen molar-refractivity contribution in [1.82, 2.24) is 4.90 Å². The summed E-state index contributed by atoms with van der Waals surface area (Å²) in [5.74, 6) is -1.76. The molecule has 1 heterocycles. The van der Waals surface area contributed by atoms with Crippen molar-refractivity contribution in [1.29, 1.82) is 0 Å². The van der Waals surface area contributed by atoms with Crippen LogP contribution in [0.2, 0.25) is 0 Å². The molecule has 0 radical (unpaired) electrons. The lowest BCUT2D eigenvalue weighted by atomic mass is 9.80. The van der Waals surface area contributed by atoms with Crippen LogP contribution in [0, 0.1) is 17.0 Å². The summed E-state index contributed by atoms with van der Waals surface area (Å²) in [5, 5.41) is 2.47. The van der Waals surface area contributed by atoms with Crippen LogP contribution in [0.15, 0.2) is 18.2 Å². The zero-order valence-electron chi connectivity index (χ0n) is 12.3. The van der Waals surface area contributed by atoms with Gasteiger partial charge in [0.05, 0.1) is 12.2 Å². The van der Waals surface area contributed by atoms with Gasteiger partial charge in [0.15, 0.2) is 0 Å². The first-order chi connectivity index (χ1) is 9.78. The van der Waals surface area contributed by atoms with Crippen LogP contribution < -0.4 is 11.1 Å². The highest BCUT2D eigenvalue weighted by Gasteiger charge is 2.33. The van der Waals surface area contributed by atoms with Gasteiger partial charge in [-0.1, -0.05) is 13.8 Å². The molecule has 1 aromatic carbocycles. The van der Waals surface area contributed by atoms with E-state index in [0.717, 1.165) is 25.1 Å². The maximum absolute atomic E-state index is 13.5. The summed E-state index contributed by atoms with van der Waals surface area (Å²) in [7, 11) is 0. The first-order valence-corrected chi connectivity index (χ1v) is 7.01. The van der Waals surface area contributed by atoms with Crippen molar-refractivity contribution < 1.29 is 13.6 Å². The molecule has 1 saturated heterocycles. The number of rotatable bonds is 3. The van der Waals surface area contributed by atoms with E-state index in [2.05, 4.69) is 19.2 Å². The summed E-state index contributed by atoms with van der Waals surface area (Å²) in [6.45, 7) is 5.77. The topological polar surface area (TPSA) is 58.4 Å². The maximum atomic E-state index is 13.5. The molecule has 4 nitrogen and oxygen atoms in total. The molecule has 2 rings (SSSR count). The van der Waals surface area contributed by atoms with Crippen molar-refractivity contribution in [3.05, 3.63) is 29.8 Å². The van der Waals surface area contributed by atoms with Crippen LogP contribution in [-0.2, 0) is 4.79 Å². The Hall–Kier alpha value is -1.53. The Morgan fingerprint density at radius 3 is 2.81 bits per heavy atom. The smallest absolute Gasteiger partial charge is 0.238 e. The van der Waals surface area contributed by atoms with Crippen LogP contribution in [0.3, 0.4) is 0 Å². The molecule has 1 fully saturated rings. The molecule has 6 heteroatoms. The summed E-state index contributed by atoms with van der Waals surface area (Å²) < 4.78 is 26.3. The van der Waals surface area contributed by atoms with Crippen molar-refractivity contribution in [2.24, 2.45) is 11.1 Å². The quantitative estimate of drug-likeness (QED) is 0.896. The third kappa shape index (κ3) is 3.98. The average molecular weight is 297 g/mol. The van der Waals surface area contributed by atoms with Gasteiger partial charge in [-0.3, -0.25) is 9.69 Å². The zero-order chi connectivity index (χ0) is 15.6. The van der Waals surface area contributed by atoms with Gasteiger partial charge in [-0.2, -0.15) is 0 Å². The molecule has 0 aromatic heterocycles. The van der Waals surface area contributed by atoms with E-state index in [1.807, 2.05) is 4.90 Å². The first-order valence-electron chi connectivity index (χ1n) is 7.01. The Morgan fingerprint density at radius 1 is 1.48 bits per heavy atom. The van der Waals surface area contributed by atoms with Gasteiger partial charge in [0.25, 0.3) is 0 Å². The standard InChI is InChI=1S/C15H21F2N3O/c1-15(2)9-20(6-5-13(15)18)8-14(21)19-12-4-3-10(16)7-11(12)17/h3-4,7,13H,5-6,8-9,18H2,1-2H3,(H,19,21). The first kappa shape index (κ1) is 15.9. The highest BCUT2D eigenvalue weighted by molar-refractivity contribution is 5.92. The summed E-state index contributed by atoms with van der Waals surface area (Å²) in [6, 6.07) is 3.20. The Bertz CT molecular complexity index is 534. The van der Waals surface area contributed by atoms with Crippen molar-refractivity contribution in [3.63, 3.8) is 0 Å². The number of amides is 1. The Balaban J connectivity index is 1.93. The number of nitrogens with two attached hydrogens (primary N) is 1. The molecule has 1 unspecified atom stereocenters. The number of piperidine rings is 1. The normalized spacial score (nSPS) is 22.0. The minimum Gasteiger partial charge on any atom is -0.327 e. The number of hydrogen-bond donors (Lipinski definition) is 2. The predicted molar refractivity (Wildman–Crippen MR) is 77.8 cm³/mol. The fraction of sp³-hybridized carbons (Fsp3) is 0.533. The lowest BCUT2D eigenvalue weighted by molar-refractivity contribution is -0.118. The van der Waals surface area contributed by atoms with Crippen LogP contribution in [-0.4, -0.2) is 36.5 Å². The molecule has 0 aliphatic carbocycles. The van der Waals surface area contributed by atoms with Gasteiger partial charge < -0.3 is 11.1 Å². The number of nitrogens with one attached hydrogen (secondary N) is 1. The summed E-state index contributed by atoms with van der Waals surface area (Å²) in [6.07, 6.45) is 0.825. The molecule has 1 aliphatic heterocycles. The zero-order valence-corrected chi connectivity index (χ0v) is 12.3. The van der Waals surface area contributed by atoms with E-state index in [1.54, 1.807) is 0 Å². The van der Waals surface area contributed by atoms with E-state index in [4.69, 9.17) is 5.73 Å². The molecule has 1 amide bonds. The summed E-state index contributed by atoms with van der Waals surface area (Å²) in [5.41, 5.74) is 5.99. The largest absolute Gasteiger partial charge is 0.327 e. The molecule has 3 N–H and O–H groups in total. The van der Waals surface area contributed by atoms with Crippen LogP contribution in [0.4, 0.5) is 14.5 Å². The maximum Gasteiger partial charge on any atom is 0.238 e. The van der Waals surface area contributed by atoms with E-state index in [0.29, 0.717) is 6.54 Å². The summed E-state index contributed by atoms with van der Waals surface area (Å²) >= 11 is 0. The molecule has 0 spiro atoms. The van der Waals surface area contributed by atoms with E-state index < -0.39 is 11.6 Å². The number of benzene rings is 1. The monoisotopic (exact) mass is 297 g/mol. The highest BCUT2D eigenvalue weighted by Crippen LogP contribution is 2.27. The van der Waals surface area contributed by atoms with E-state index >= 15 is 0 Å². The highest BCUT2D eigenvalue weighted by atomic mass is 19.1. The van der Waals surface area contributed by atoms with Crippen LogP contribution >= 0.6 is 0 Å². The average Bonchev–Trinajstić information content (AvgIpc) is 2.37. The molecule has 1 aromatic rings. The molecule has 116 valence electrons. The third-order valence-corrected chi connectivity index (χ3v) is 3.96. The van der Waals surface area contributed by atoms with Crippen LogP contribution in [0.1, 0.15) is 20.3 Å². The lowest BCUT2D eigenvalue weighted by Crippen LogP contribution is -2.53. The molecule has 0 bridgehead atoms. The van der Waals surface area contributed by atoms with Gasteiger partial charge in [0.2, 0.25) is 5.91 Å². The molecule has 1 atom stereocenters. The summed E-state index contributed by atoms with van der Waals surface area (Å²) in [4.78, 5) is 14.0. The van der Waals surface area contributed by atoms with E-state index in [1.165, 1.54) is 6.07 Å². The lowest BCUT2D eigenvalue weighted by Gasteiger charge is -2.42. The number of likely N-dealkylation sites (tertiary alicyclic amines) is 1. The van der Waals surface area contributed by atoms with Gasteiger partial charge in [0, 0.05) is 25.2 Å². The Morgan fingerprint density at radius 2 is 2.19 bits per heavy atom. The van der Waals surface area contributed by atoms with Crippen LogP contribution in [0.25, 0.3) is 0 Å². The minimum atomic E-state index is -0.774. The van der Waals surface area contributed by atoms with Crippen molar-refractivity contribution in [2.75, 3.05) is 25.0 Å². The number of nitrogens with zero attached hydrogens (tertiary/aromatic N) is 1. The molecular formula is C15H21F2N3O. The fourth-order valence-corrected chi connectivity index (χ4v) is 2.60. The van der Waals surface area contributed by atoms with Gasteiger partial charge in [0.1, 0.15) is 11.6 Å². The molecule has 1 aliphatic rings. The number of carbonyl (C=O) groups is 1. The number of anilines is 1. The second-order valence-corrected chi connectivity index (χ2v) is 6.27. The molecular weight excluding hydrogens is 276 g/mol. The Labute approximate surface area is 123 Å². The number of carbonyl (C=O) groups excluding carboxylic acids is 1. The SMILES string of the molecule is CC1(C)CN(CC(=O)Nc2ccc(F)cc2F)CCC1N. The van der Waals surface area contributed by atoms with Crippen molar-refractivity contribution in [3.8, 4) is 0 Å². The van der Waals surface area contributed by atoms with E-state index in [9.17, 15) is 13.6 Å².